The predicted molar refractivity (Wildman–Crippen MR) is 114 cm³/mol. The fourth-order valence-corrected chi connectivity index (χ4v) is 3.21. The van der Waals surface area contributed by atoms with Gasteiger partial charge in [0, 0.05) is 19.0 Å². The smallest absolute Gasteiger partial charge is 0.258 e. The number of carbonyl (C=O) groups is 2. The molecule has 2 aromatic carbocycles. The molecule has 0 bridgehead atoms. The van der Waals surface area contributed by atoms with Crippen molar-refractivity contribution in [2.75, 3.05) is 13.2 Å². The lowest BCUT2D eigenvalue weighted by Crippen LogP contribution is -2.30. The Bertz CT molecular complexity index is 842. The Kier molecular flexibility index (Phi) is 7.28. The Morgan fingerprint density at radius 3 is 2.45 bits per heavy atom. The maximum Gasteiger partial charge on any atom is 0.258 e. The summed E-state index contributed by atoms with van der Waals surface area (Å²) in [5.41, 5.74) is 4.83. The van der Waals surface area contributed by atoms with Crippen LogP contribution in [0.15, 0.2) is 42.5 Å². The van der Waals surface area contributed by atoms with Gasteiger partial charge in [0.25, 0.3) is 5.91 Å². The number of hydrogen-bond donors (Lipinski definition) is 2. The summed E-state index contributed by atoms with van der Waals surface area (Å²) in [6.45, 7) is 4.82. The van der Waals surface area contributed by atoms with Gasteiger partial charge in [-0.15, -0.1) is 0 Å². The van der Waals surface area contributed by atoms with Gasteiger partial charge >= 0.3 is 0 Å². The molecule has 1 aliphatic rings. The minimum atomic E-state index is -0.0693. The average Bonchev–Trinajstić information content (AvgIpc) is 3.50. The Morgan fingerprint density at radius 1 is 1.00 bits per heavy atom. The van der Waals surface area contributed by atoms with E-state index in [2.05, 4.69) is 42.7 Å². The van der Waals surface area contributed by atoms with Gasteiger partial charge in [0.15, 0.2) is 6.61 Å². The largest absolute Gasteiger partial charge is 0.484 e. The number of benzene rings is 2. The summed E-state index contributed by atoms with van der Waals surface area (Å²) in [6.07, 6.45) is 4.17. The molecule has 2 aromatic rings. The second kappa shape index (κ2) is 10.1. The van der Waals surface area contributed by atoms with Crippen molar-refractivity contribution in [2.45, 2.75) is 52.0 Å². The number of amides is 2. The maximum absolute atomic E-state index is 12.1. The highest BCUT2D eigenvalue weighted by molar-refractivity contribution is 5.78. The van der Waals surface area contributed by atoms with Crippen LogP contribution in [0, 0.1) is 13.8 Å². The Morgan fingerprint density at radius 2 is 1.76 bits per heavy atom. The molecule has 0 unspecified atom stereocenters. The highest BCUT2D eigenvalue weighted by atomic mass is 16.5. The zero-order valence-electron chi connectivity index (χ0n) is 17.3. The van der Waals surface area contributed by atoms with E-state index in [0.29, 0.717) is 24.8 Å². The third kappa shape index (κ3) is 7.26. The fourth-order valence-electron chi connectivity index (χ4n) is 3.21. The highest BCUT2D eigenvalue weighted by Crippen LogP contribution is 2.18. The van der Waals surface area contributed by atoms with E-state index < -0.39 is 0 Å². The van der Waals surface area contributed by atoms with Crippen molar-refractivity contribution in [3.05, 3.63) is 64.7 Å². The van der Waals surface area contributed by atoms with Crippen LogP contribution in [0.1, 0.15) is 41.5 Å². The molecular weight excluding hydrogens is 364 g/mol. The molecule has 0 radical (unpaired) electrons. The van der Waals surface area contributed by atoms with Crippen molar-refractivity contribution < 1.29 is 14.3 Å². The van der Waals surface area contributed by atoms with Gasteiger partial charge in [-0.05, 0) is 68.4 Å². The van der Waals surface area contributed by atoms with E-state index in [1.165, 1.54) is 16.7 Å². The summed E-state index contributed by atoms with van der Waals surface area (Å²) >= 11 is 0. The average molecular weight is 395 g/mol. The minimum Gasteiger partial charge on any atom is -0.484 e. The first-order valence-corrected chi connectivity index (χ1v) is 10.3. The van der Waals surface area contributed by atoms with E-state index in [-0.39, 0.29) is 18.4 Å². The normalized spacial score (nSPS) is 13.0. The van der Waals surface area contributed by atoms with Gasteiger partial charge < -0.3 is 15.4 Å². The van der Waals surface area contributed by atoms with Crippen molar-refractivity contribution in [3.63, 3.8) is 0 Å². The van der Waals surface area contributed by atoms with Gasteiger partial charge in [-0.3, -0.25) is 9.59 Å². The van der Waals surface area contributed by atoms with Gasteiger partial charge in [0.05, 0.1) is 0 Å². The Balaban J connectivity index is 1.33. The molecule has 0 saturated heterocycles. The second-order valence-electron chi connectivity index (χ2n) is 7.80. The third-order valence-corrected chi connectivity index (χ3v) is 5.09. The van der Waals surface area contributed by atoms with Crippen molar-refractivity contribution >= 4 is 11.8 Å². The molecule has 0 aliphatic heterocycles. The predicted octanol–water partition coefficient (Wildman–Crippen LogP) is 3.25. The molecule has 0 heterocycles. The van der Waals surface area contributed by atoms with Crippen molar-refractivity contribution in [1.82, 2.24) is 10.6 Å². The number of ether oxygens (including phenoxy) is 1. The first-order valence-electron chi connectivity index (χ1n) is 10.3. The van der Waals surface area contributed by atoms with Gasteiger partial charge in [-0.1, -0.05) is 35.9 Å². The molecule has 5 heteroatoms. The molecule has 1 fully saturated rings. The van der Waals surface area contributed by atoms with E-state index >= 15 is 0 Å². The molecule has 29 heavy (non-hydrogen) atoms. The molecule has 154 valence electrons. The van der Waals surface area contributed by atoms with E-state index in [4.69, 9.17) is 4.74 Å². The van der Waals surface area contributed by atoms with Crippen LogP contribution in [-0.2, 0) is 22.4 Å². The van der Waals surface area contributed by atoms with Gasteiger partial charge in [0.2, 0.25) is 5.91 Å². The summed E-state index contributed by atoms with van der Waals surface area (Å²) in [7, 11) is 0. The summed E-state index contributed by atoms with van der Waals surface area (Å²) in [6, 6.07) is 14.4. The van der Waals surface area contributed by atoms with Crippen LogP contribution in [0.5, 0.6) is 5.75 Å². The van der Waals surface area contributed by atoms with Gasteiger partial charge in [0.1, 0.15) is 5.75 Å². The zero-order valence-corrected chi connectivity index (χ0v) is 17.3. The summed E-state index contributed by atoms with van der Waals surface area (Å²) in [5, 5.41) is 5.88. The maximum atomic E-state index is 12.1. The molecule has 3 rings (SSSR count). The SMILES string of the molecule is Cc1ccc(CCC(=O)NCCc2ccc(OCC(=O)NC3CC3)cc2)c(C)c1. The second-order valence-corrected chi connectivity index (χ2v) is 7.80. The quantitative estimate of drug-likeness (QED) is 0.650. The monoisotopic (exact) mass is 394 g/mol. The Hall–Kier alpha value is -2.82. The zero-order chi connectivity index (χ0) is 20.6. The van der Waals surface area contributed by atoms with Crippen LogP contribution in [-0.4, -0.2) is 31.0 Å². The number of aryl methyl sites for hydroxylation is 3. The fraction of sp³-hybridized carbons (Fsp3) is 0.417. The highest BCUT2D eigenvalue weighted by Gasteiger charge is 2.23. The van der Waals surface area contributed by atoms with E-state index in [1.807, 2.05) is 24.3 Å². The molecule has 0 atom stereocenters. The Labute approximate surface area is 172 Å². The number of nitrogens with one attached hydrogen (secondary N) is 2. The lowest BCUT2D eigenvalue weighted by Gasteiger charge is -2.09. The van der Waals surface area contributed by atoms with Crippen LogP contribution >= 0.6 is 0 Å². The molecule has 2 amide bonds. The molecular formula is C24H30N2O3. The topological polar surface area (TPSA) is 67.4 Å². The van der Waals surface area contributed by atoms with Crippen LogP contribution in [0.25, 0.3) is 0 Å². The molecule has 0 spiro atoms. The van der Waals surface area contributed by atoms with Crippen molar-refractivity contribution in [3.8, 4) is 5.75 Å². The third-order valence-electron chi connectivity index (χ3n) is 5.09. The molecule has 1 aliphatic carbocycles. The first kappa shape index (κ1) is 20.9. The van der Waals surface area contributed by atoms with Gasteiger partial charge in [-0.2, -0.15) is 0 Å². The lowest BCUT2D eigenvalue weighted by molar-refractivity contribution is -0.123. The van der Waals surface area contributed by atoms with Crippen LogP contribution in [0.3, 0.4) is 0 Å². The van der Waals surface area contributed by atoms with E-state index in [0.717, 1.165) is 31.2 Å². The number of rotatable bonds is 10. The molecule has 5 nitrogen and oxygen atoms in total. The first-order chi connectivity index (χ1) is 14.0. The van der Waals surface area contributed by atoms with Crippen molar-refractivity contribution in [2.24, 2.45) is 0 Å². The van der Waals surface area contributed by atoms with Crippen molar-refractivity contribution in [1.29, 1.82) is 0 Å². The summed E-state index contributed by atoms with van der Waals surface area (Å²) in [5.74, 6) is 0.684. The standard InChI is InChI=1S/C24H30N2O3/c1-17-3-6-20(18(2)15-17)7-12-23(27)25-14-13-19-4-10-22(11-5-19)29-16-24(28)26-21-8-9-21/h3-6,10-11,15,21H,7-9,12-14,16H2,1-2H3,(H,25,27)(H,26,28). The van der Waals surface area contributed by atoms with Crippen LogP contribution in [0.2, 0.25) is 0 Å². The molecule has 0 aromatic heterocycles. The molecule has 1 saturated carbocycles. The lowest BCUT2D eigenvalue weighted by atomic mass is 10.0. The van der Waals surface area contributed by atoms with Crippen LogP contribution < -0.4 is 15.4 Å². The van der Waals surface area contributed by atoms with Crippen LogP contribution in [0.4, 0.5) is 0 Å². The number of hydrogen-bond acceptors (Lipinski definition) is 3. The van der Waals surface area contributed by atoms with E-state index in [9.17, 15) is 9.59 Å². The summed E-state index contributed by atoms with van der Waals surface area (Å²) in [4.78, 5) is 23.7. The minimum absolute atomic E-state index is 0.0480. The number of carbonyl (C=O) groups excluding carboxylic acids is 2. The summed E-state index contributed by atoms with van der Waals surface area (Å²) < 4.78 is 5.50. The van der Waals surface area contributed by atoms with Gasteiger partial charge in [-0.25, -0.2) is 0 Å². The van der Waals surface area contributed by atoms with E-state index in [1.54, 1.807) is 0 Å². The molecule has 2 N–H and O–H groups in total.